The van der Waals surface area contributed by atoms with Gasteiger partial charge in [0.05, 0.1) is 23.2 Å². The third-order valence-electron chi connectivity index (χ3n) is 4.16. The second-order valence-corrected chi connectivity index (χ2v) is 6.26. The summed E-state index contributed by atoms with van der Waals surface area (Å²) in [7, 11) is 0. The zero-order valence-electron chi connectivity index (χ0n) is 14.0. The lowest BCUT2D eigenvalue weighted by molar-refractivity contribution is -0.158. The van der Waals surface area contributed by atoms with Gasteiger partial charge in [0.25, 0.3) is 0 Å². The number of halogens is 2. The summed E-state index contributed by atoms with van der Waals surface area (Å²) in [5, 5.41) is 0. The predicted octanol–water partition coefficient (Wildman–Crippen LogP) is 3.62. The summed E-state index contributed by atoms with van der Waals surface area (Å²) in [6.45, 7) is 4.26. The molecule has 2 unspecified atom stereocenters. The SMILES string of the molecule is CCCn1c(C(N)C2CCCO2)nc2cc(OC(C)(F)F)ccc21. The standard InChI is InChI=1S/C17H23F2N3O2/c1-3-8-22-13-7-6-11(24-17(2,18)19)10-12(13)21-16(22)15(20)14-5-4-9-23-14/h6-7,10,14-15H,3-5,8-9,20H2,1-2H3. The number of nitrogens with two attached hydrogens (primary N) is 1. The smallest absolute Gasteiger partial charge is 0.394 e. The summed E-state index contributed by atoms with van der Waals surface area (Å²) < 4.78 is 38.5. The van der Waals surface area contributed by atoms with Crippen LogP contribution >= 0.6 is 0 Å². The molecule has 1 saturated heterocycles. The monoisotopic (exact) mass is 339 g/mol. The van der Waals surface area contributed by atoms with Crippen molar-refractivity contribution in [2.45, 2.75) is 57.9 Å². The van der Waals surface area contributed by atoms with Gasteiger partial charge in [-0.25, -0.2) is 4.98 Å². The summed E-state index contributed by atoms with van der Waals surface area (Å²) in [4.78, 5) is 4.60. The Hall–Kier alpha value is -1.73. The molecular weight excluding hydrogens is 316 g/mol. The van der Waals surface area contributed by atoms with E-state index in [4.69, 9.17) is 10.5 Å². The largest absolute Gasteiger partial charge is 0.433 e. The number of benzene rings is 1. The van der Waals surface area contributed by atoms with Crippen LogP contribution in [-0.2, 0) is 11.3 Å². The molecule has 3 rings (SSSR count). The highest BCUT2D eigenvalue weighted by molar-refractivity contribution is 5.78. The first-order valence-corrected chi connectivity index (χ1v) is 8.33. The van der Waals surface area contributed by atoms with Crippen LogP contribution in [-0.4, -0.2) is 28.4 Å². The first-order valence-electron chi connectivity index (χ1n) is 8.33. The number of nitrogens with zero attached hydrogens (tertiary/aromatic N) is 2. The molecule has 5 nitrogen and oxygen atoms in total. The zero-order chi connectivity index (χ0) is 17.3. The molecule has 0 bridgehead atoms. The molecule has 0 aliphatic carbocycles. The topological polar surface area (TPSA) is 62.3 Å². The van der Waals surface area contributed by atoms with Gasteiger partial charge in [0.1, 0.15) is 11.6 Å². The van der Waals surface area contributed by atoms with Crippen LogP contribution in [0.5, 0.6) is 5.75 Å². The van der Waals surface area contributed by atoms with Gasteiger partial charge < -0.3 is 19.8 Å². The van der Waals surface area contributed by atoms with E-state index in [0.717, 1.165) is 43.8 Å². The molecule has 1 aromatic carbocycles. The summed E-state index contributed by atoms with van der Waals surface area (Å²) in [5.41, 5.74) is 7.85. The molecule has 1 aliphatic rings. The average Bonchev–Trinajstić information content (AvgIpc) is 3.13. The van der Waals surface area contributed by atoms with Gasteiger partial charge in [-0.3, -0.25) is 0 Å². The number of alkyl halides is 2. The van der Waals surface area contributed by atoms with Crippen LogP contribution in [0.4, 0.5) is 8.78 Å². The lowest BCUT2D eigenvalue weighted by Gasteiger charge is -2.19. The van der Waals surface area contributed by atoms with Crippen LogP contribution in [0.15, 0.2) is 18.2 Å². The Bertz CT molecular complexity index is 706. The van der Waals surface area contributed by atoms with Crippen molar-refractivity contribution in [3.63, 3.8) is 0 Å². The van der Waals surface area contributed by atoms with Crippen LogP contribution in [0.3, 0.4) is 0 Å². The minimum absolute atomic E-state index is 0.0480. The maximum atomic E-state index is 13.1. The van der Waals surface area contributed by atoms with Crippen LogP contribution in [0.25, 0.3) is 11.0 Å². The molecule has 2 aromatic rings. The number of imidazole rings is 1. The van der Waals surface area contributed by atoms with E-state index in [2.05, 4.69) is 21.2 Å². The van der Waals surface area contributed by atoms with Crippen molar-refractivity contribution in [2.75, 3.05) is 6.61 Å². The van der Waals surface area contributed by atoms with Crippen molar-refractivity contribution in [3.8, 4) is 5.75 Å². The van der Waals surface area contributed by atoms with E-state index in [1.807, 2.05) is 0 Å². The molecule has 0 spiro atoms. The molecule has 2 N–H and O–H groups in total. The Morgan fingerprint density at radius 3 is 2.92 bits per heavy atom. The van der Waals surface area contributed by atoms with Crippen molar-refractivity contribution in [1.29, 1.82) is 0 Å². The Morgan fingerprint density at radius 2 is 2.29 bits per heavy atom. The van der Waals surface area contributed by atoms with Crippen molar-refractivity contribution in [2.24, 2.45) is 5.73 Å². The summed E-state index contributed by atoms with van der Waals surface area (Å²) in [5.74, 6) is 0.826. The Balaban J connectivity index is 1.99. The van der Waals surface area contributed by atoms with Crippen molar-refractivity contribution in [3.05, 3.63) is 24.0 Å². The molecule has 2 atom stereocenters. The van der Waals surface area contributed by atoms with E-state index in [1.54, 1.807) is 6.07 Å². The fourth-order valence-corrected chi connectivity index (χ4v) is 3.16. The van der Waals surface area contributed by atoms with Gasteiger partial charge in [-0.2, -0.15) is 8.78 Å². The predicted molar refractivity (Wildman–Crippen MR) is 87.2 cm³/mol. The van der Waals surface area contributed by atoms with Gasteiger partial charge in [0, 0.05) is 26.1 Å². The number of fused-ring (bicyclic) bond motifs is 1. The van der Waals surface area contributed by atoms with Crippen LogP contribution in [0, 0.1) is 0 Å². The second kappa shape index (κ2) is 6.64. The fraction of sp³-hybridized carbons (Fsp3) is 0.588. The summed E-state index contributed by atoms with van der Waals surface area (Å²) >= 11 is 0. The quantitative estimate of drug-likeness (QED) is 0.873. The van der Waals surface area contributed by atoms with E-state index in [9.17, 15) is 8.78 Å². The highest BCUT2D eigenvalue weighted by Gasteiger charge is 2.29. The van der Waals surface area contributed by atoms with E-state index in [0.29, 0.717) is 12.4 Å². The number of hydrogen-bond donors (Lipinski definition) is 1. The molecule has 2 heterocycles. The highest BCUT2D eigenvalue weighted by Crippen LogP contribution is 2.30. The lowest BCUT2D eigenvalue weighted by Crippen LogP contribution is -2.28. The molecule has 1 aliphatic heterocycles. The number of ether oxygens (including phenoxy) is 2. The van der Waals surface area contributed by atoms with Gasteiger partial charge in [-0.1, -0.05) is 6.92 Å². The lowest BCUT2D eigenvalue weighted by atomic mass is 10.1. The molecule has 132 valence electrons. The molecule has 24 heavy (non-hydrogen) atoms. The normalized spacial score (nSPS) is 19.8. The van der Waals surface area contributed by atoms with Crippen LogP contribution in [0.1, 0.15) is 45.0 Å². The van der Waals surface area contributed by atoms with Crippen molar-refractivity contribution >= 4 is 11.0 Å². The van der Waals surface area contributed by atoms with Gasteiger partial charge in [0.2, 0.25) is 0 Å². The first kappa shape index (κ1) is 17.1. The molecule has 1 fully saturated rings. The highest BCUT2D eigenvalue weighted by atomic mass is 19.3. The van der Waals surface area contributed by atoms with Crippen LogP contribution < -0.4 is 10.5 Å². The van der Waals surface area contributed by atoms with E-state index < -0.39 is 6.11 Å². The van der Waals surface area contributed by atoms with Crippen molar-refractivity contribution < 1.29 is 18.3 Å². The molecule has 7 heteroatoms. The third kappa shape index (κ3) is 3.52. The number of rotatable bonds is 6. The number of aryl methyl sites for hydroxylation is 1. The average molecular weight is 339 g/mol. The van der Waals surface area contributed by atoms with Gasteiger partial charge in [0.15, 0.2) is 0 Å². The molecule has 0 saturated carbocycles. The van der Waals surface area contributed by atoms with E-state index in [-0.39, 0.29) is 17.9 Å². The Labute approximate surface area is 139 Å². The molecule has 0 amide bonds. The Morgan fingerprint density at radius 1 is 1.50 bits per heavy atom. The first-order chi connectivity index (χ1) is 11.4. The van der Waals surface area contributed by atoms with Gasteiger partial charge in [-0.15, -0.1) is 0 Å². The molecular formula is C17H23F2N3O2. The van der Waals surface area contributed by atoms with Gasteiger partial charge in [-0.05, 0) is 31.4 Å². The number of hydrogen-bond acceptors (Lipinski definition) is 4. The maximum Gasteiger partial charge on any atom is 0.394 e. The third-order valence-corrected chi connectivity index (χ3v) is 4.16. The van der Waals surface area contributed by atoms with Gasteiger partial charge >= 0.3 is 6.11 Å². The minimum atomic E-state index is -3.23. The fourth-order valence-electron chi connectivity index (χ4n) is 3.16. The summed E-state index contributed by atoms with van der Waals surface area (Å²) in [6, 6.07) is 4.49. The van der Waals surface area contributed by atoms with Crippen LogP contribution in [0.2, 0.25) is 0 Å². The molecule has 0 radical (unpaired) electrons. The summed E-state index contributed by atoms with van der Waals surface area (Å²) in [6.07, 6.45) is -0.449. The minimum Gasteiger partial charge on any atom is -0.433 e. The Kier molecular flexibility index (Phi) is 4.73. The zero-order valence-corrected chi connectivity index (χ0v) is 14.0. The number of aromatic nitrogens is 2. The van der Waals surface area contributed by atoms with E-state index >= 15 is 0 Å². The van der Waals surface area contributed by atoms with Crippen molar-refractivity contribution in [1.82, 2.24) is 9.55 Å². The maximum absolute atomic E-state index is 13.1. The second-order valence-electron chi connectivity index (χ2n) is 6.26. The molecule has 1 aromatic heterocycles. The van der Waals surface area contributed by atoms with E-state index in [1.165, 1.54) is 12.1 Å².